The van der Waals surface area contributed by atoms with Crippen LogP contribution in [-0.2, 0) is 20.9 Å². The van der Waals surface area contributed by atoms with Crippen LogP contribution in [-0.4, -0.2) is 48.4 Å². The molecule has 2 heterocycles. The minimum Gasteiger partial charge on any atom is -0.467 e. The Morgan fingerprint density at radius 3 is 2.68 bits per heavy atom. The van der Waals surface area contributed by atoms with Crippen LogP contribution in [0.25, 0.3) is 0 Å². The van der Waals surface area contributed by atoms with Crippen LogP contribution >= 0.6 is 11.6 Å². The molecule has 2 atom stereocenters. The Morgan fingerprint density at radius 2 is 2.04 bits per heavy atom. The molecule has 1 aromatic carbocycles. The highest BCUT2D eigenvalue weighted by Gasteiger charge is 2.41. The number of likely N-dealkylation sites (N-methyl/N-ethyl adjacent to an activating group) is 2. The average Bonchev–Trinajstić information content (AvgIpc) is 3.10. The second-order valence-corrected chi connectivity index (χ2v) is 6.44. The molecule has 1 aromatic heterocycles. The van der Waals surface area contributed by atoms with Crippen LogP contribution in [0.1, 0.15) is 17.4 Å². The van der Waals surface area contributed by atoms with Crippen molar-refractivity contribution in [2.75, 3.05) is 20.7 Å². The molecule has 25 heavy (non-hydrogen) atoms. The van der Waals surface area contributed by atoms with Gasteiger partial charge >= 0.3 is 0 Å². The van der Waals surface area contributed by atoms with Crippen molar-refractivity contribution >= 4 is 23.4 Å². The van der Waals surface area contributed by atoms with Crippen LogP contribution in [0.2, 0.25) is 5.02 Å². The van der Waals surface area contributed by atoms with Gasteiger partial charge in [-0.1, -0.05) is 23.7 Å². The second kappa shape index (κ2) is 7.29. The normalized spacial score (nSPS) is 20.6. The van der Waals surface area contributed by atoms with Crippen molar-refractivity contribution in [1.29, 1.82) is 0 Å². The molecular weight excluding hydrogens is 344 g/mol. The van der Waals surface area contributed by atoms with Gasteiger partial charge in [-0.25, -0.2) is 0 Å². The summed E-state index contributed by atoms with van der Waals surface area (Å²) in [6.45, 7) is 0.211. The van der Waals surface area contributed by atoms with Gasteiger partial charge in [0.2, 0.25) is 5.91 Å². The maximum Gasteiger partial charge on any atom is 0.254 e. The number of ether oxygens (including phenoxy) is 1. The highest BCUT2D eigenvalue weighted by molar-refractivity contribution is 6.30. The first-order valence-electron chi connectivity index (χ1n) is 7.87. The number of halogens is 1. The van der Waals surface area contributed by atoms with Gasteiger partial charge < -0.3 is 19.0 Å². The number of rotatable bonds is 4. The van der Waals surface area contributed by atoms with Crippen LogP contribution in [0, 0.1) is 0 Å². The quantitative estimate of drug-likeness (QED) is 0.838. The highest BCUT2D eigenvalue weighted by Crippen LogP contribution is 2.31. The summed E-state index contributed by atoms with van der Waals surface area (Å²) in [6.07, 6.45) is 0.775. The van der Waals surface area contributed by atoms with Crippen LogP contribution in [0.5, 0.6) is 0 Å². The molecule has 0 radical (unpaired) electrons. The summed E-state index contributed by atoms with van der Waals surface area (Å²) >= 11 is 5.95. The number of carbonyl (C=O) groups is 2. The third-order valence-electron chi connectivity index (χ3n) is 4.29. The first-order valence-corrected chi connectivity index (χ1v) is 8.25. The fourth-order valence-corrected chi connectivity index (χ4v) is 3.03. The van der Waals surface area contributed by atoms with E-state index in [0.717, 1.165) is 5.56 Å². The summed E-state index contributed by atoms with van der Waals surface area (Å²) in [4.78, 5) is 28.1. The van der Waals surface area contributed by atoms with E-state index >= 15 is 0 Å². The minimum absolute atomic E-state index is 0.119. The molecule has 1 aliphatic rings. The number of furan rings is 1. The molecule has 0 unspecified atom stereocenters. The van der Waals surface area contributed by atoms with E-state index in [9.17, 15) is 9.59 Å². The Bertz CT molecular complexity index is 745. The molecule has 7 heteroatoms. The molecule has 0 bridgehead atoms. The predicted molar refractivity (Wildman–Crippen MR) is 91.9 cm³/mol. The second-order valence-electron chi connectivity index (χ2n) is 6.01. The molecule has 0 N–H and O–H groups in total. The van der Waals surface area contributed by atoms with Crippen molar-refractivity contribution in [2.24, 2.45) is 0 Å². The summed E-state index contributed by atoms with van der Waals surface area (Å²) in [5.41, 5.74) is 0.796. The van der Waals surface area contributed by atoms with Crippen LogP contribution in [0.3, 0.4) is 0 Å². The van der Waals surface area contributed by atoms with Crippen molar-refractivity contribution in [3.05, 3.63) is 59.0 Å². The topological polar surface area (TPSA) is 63.0 Å². The number of carbonyl (C=O) groups excluding carboxylic acids is 2. The average molecular weight is 363 g/mol. The van der Waals surface area contributed by atoms with Gasteiger partial charge in [0.15, 0.2) is 6.10 Å². The summed E-state index contributed by atoms with van der Waals surface area (Å²) in [6, 6.07) is 10.1. The Hall–Kier alpha value is -2.31. The number of nitrogens with zero attached hydrogens (tertiary/aromatic N) is 2. The smallest absolute Gasteiger partial charge is 0.254 e. The molecule has 2 aromatic rings. The molecule has 2 amide bonds. The fourth-order valence-electron chi connectivity index (χ4n) is 2.91. The van der Waals surface area contributed by atoms with E-state index in [1.807, 2.05) is 0 Å². The summed E-state index contributed by atoms with van der Waals surface area (Å²) in [5.74, 6) is 0.299. The Labute approximate surface area is 150 Å². The summed E-state index contributed by atoms with van der Waals surface area (Å²) < 4.78 is 10.9. The molecular formula is C18H19ClN2O4. The number of hydrogen-bond donors (Lipinski definition) is 0. The van der Waals surface area contributed by atoms with Gasteiger partial charge in [0.1, 0.15) is 12.4 Å². The minimum atomic E-state index is -0.788. The Balaban J connectivity index is 1.84. The third kappa shape index (κ3) is 3.70. The van der Waals surface area contributed by atoms with E-state index in [4.69, 9.17) is 20.8 Å². The van der Waals surface area contributed by atoms with Crippen LogP contribution in [0.4, 0.5) is 0 Å². The van der Waals surface area contributed by atoms with Crippen molar-refractivity contribution in [1.82, 2.24) is 9.80 Å². The molecule has 1 fully saturated rings. The van der Waals surface area contributed by atoms with Crippen molar-refractivity contribution in [2.45, 2.75) is 18.7 Å². The molecule has 132 valence electrons. The van der Waals surface area contributed by atoms with Gasteiger partial charge in [0.25, 0.3) is 5.91 Å². The van der Waals surface area contributed by atoms with Gasteiger partial charge in [-0.05, 0) is 29.8 Å². The van der Waals surface area contributed by atoms with E-state index in [1.54, 1.807) is 61.7 Å². The maximum atomic E-state index is 12.9. The highest BCUT2D eigenvalue weighted by atomic mass is 35.5. The van der Waals surface area contributed by atoms with Gasteiger partial charge in [-0.15, -0.1) is 0 Å². The van der Waals surface area contributed by atoms with E-state index in [1.165, 1.54) is 4.90 Å². The summed E-state index contributed by atoms with van der Waals surface area (Å²) in [7, 11) is 3.36. The number of benzene rings is 1. The number of amides is 2. The molecule has 0 aliphatic carbocycles. The molecule has 1 aliphatic heterocycles. The number of hydrogen-bond acceptors (Lipinski definition) is 4. The van der Waals surface area contributed by atoms with Gasteiger partial charge in [-0.3, -0.25) is 9.59 Å². The molecule has 3 rings (SSSR count). The number of morpholine rings is 1. The van der Waals surface area contributed by atoms with E-state index in [2.05, 4.69) is 0 Å². The Kier molecular flexibility index (Phi) is 5.11. The maximum absolute atomic E-state index is 12.9. The molecule has 1 saturated heterocycles. The van der Waals surface area contributed by atoms with Gasteiger partial charge in [0.05, 0.1) is 18.8 Å². The van der Waals surface area contributed by atoms with Crippen LogP contribution in [0.15, 0.2) is 47.1 Å². The van der Waals surface area contributed by atoms with E-state index in [-0.39, 0.29) is 18.4 Å². The molecule has 6 nitrogen and oxygen atoms in total. The SMILES string of the molecule is CN(Cc1ccco1)C(=O)[C@H]1OCC(=O)N(C)[C@H]1c1ccc(Cl)cc1. The standard InChI is InChI=1S/C18H19ClN2O4/c1-20(10-14-4-3-9-24-14)18(23)17-16(21(2)15(22)11-25-17)12-5-7-13(19)8-6-12/h3-9,16-17H,10-11H2,1-2H3/t16-,17-/m0/s1. The Morgan fingerprint density at radius 1 is 1.32 bits per heavy atom. The van der Waals surface area contributed by atoms with Crippen molar-refractivity contribution in [3.8, 4) is 0 Å². The molecule has 0 spiro atoms. The van der Waals surface area contributed by atoms with E-state index < -0.39 is 12.1 Å². The first-order chi connectivity index (χ1) is 12.0. The zero-order valence-electron chi connectivity index (χ0n) is 14.0. The lowest BCUT2D eigenvalue weighted by Gasteiger charge is -2.39. The third-order valence-corrected chi connectivity index (χ3v) is 4.54. The van der Waals surface area contributed by atoms with Gasteiger partial charge in [-0.2, -0.15) is 0 Å². The van der Waals surface area contributed by atoms with Crippen molar-refractivity contribution in [3.63, 3.8) is 0 Å². The summed E-state index contributed by atoms with van der Waals surface area (Å²) in [5, 5.41) is 0.590. The van der Waals surface area contributed by atoms with Crippen LogP contribution < -0.4 is 0 Å². The lowest BCUT2D eigenvalue weighted by Crippen LogP contribution is -2.53. The zero-order valence-corrected chi connectivity index (χ0v) is 14.8. The molecule has 0 saturated carbocycles. The van der Waals surface area contributed by atoms with E-state index in [0.29, 0.717) is 17.3 Å². The van der Waals surface area contributed by atoms with Crippen molar-refractivity contribution < 1.29 is 18.7 Å². The monoisotopic (exact) mass is 362 g/mol. The lowest BCUT2D eigenvalue weighted by atomic mass is 9.97. The first kappa shape index (κ1) is 17.5. The lowest BCUT2D eigenvalue weighted by molar-refractivity contribution is -0.167. The zero-order chi connectivity index (χ0) is 18.0. The fraction of sp³-hybridized carbons (Fsp3) is 0.333. The van der Waals surface area contributed by atoms with Gasteiger partial charge in [0, 0.05) is 19.1 Å². The predicted octanol–water partition coefficient (Wildman–Crippen LogP) is 2.49. The largest absolute Gasteiger partial charge is 0.467 e.